The van der Waals surface area contributed by atoms with E-state index in [4.69, 9.17) is 0 Å². The normalized spacial score (nSPS) is 10.1. The van der Waals surface area contributed by atoms with Crippen LogP contribution in [0.15, 0.2) is 22.7 Å². The van der Waals surface area contributed by atoms with Crippen LogP contribution in [0.25, 0.3) is 0 Å². The van der Waals surface area contributed by atoms with Crippen molar-refractivity contribution in [2.24, 2.45) is 0 Å². The van der Waals surface area contributed by atoms with Gasteiger partial charge in [0.25, 0.3) is 0 Å². The molecule has 0 amide bonds. The number of carbonyl (C=O) groups is 1. The van der Waals surface area contributed by atoms with E-state index in [9.17, 15) is 4.79 Å². The maximum atomic E-state index is 11.1. The highest BCUT2D eigenvalue weighted by molar-refractivity contribution is 9.10. The average Bonchev–Trinajstić information content (AvgIpc) is 2.02. The Morgan fingerprint density at radius 3 is 2.62 bits per heavy atom. The van der Waals surface area contributed by atoms with Crippen molar-refractivity contribution in [3.63, 3.8) is 0 Å². The van der Waals surface area contributed by atoms with E-state index in [1.165, 1.54) is 5.56 Å². The number of ketones is 1. The fraction of sp³-hybridized carbons (Fsp3) is 0.300. The molecule has 0 fully saturated rings. The van der Waals surface area contributed by atoms with Crippen LogP contribution in [0, 0.1) is 6.92 Å². The fourth-order valence-electron chi connectivity index (χ4n) is 1.19. The first-order valence-electron chi connectivity index (χ1n) is 3.95. The Balaban J connectivity index is 2.83. The zero-order chi connectivity index (χ0) is 9.84. The highest BCUT2D eigenvalue weighted by Crippen LogP contribution is 2.15. The Bertz CT molecular complexity index is 300. The summed E-state index contributed by atoms with van der Waals surface area (Å²) in [4.78, 5) is 11.1. The lowest BCUT2D eigenvalue weighted by atomic mass is 10.1. The summed E-state index contributed by atoms with van der Waals surface area (Å²) in [5.74, 6) is 0.206. The predicted molar refractivity (Wildman–Crippen MR) is 61.4 cm³/mol. The van der Waals surface area contributed by atoms with E-state index < -0.39 is 0 Å². The molecule has 1 rings (SSSR count). The van der Waals surface area contributed by atoms with Gasteiger partial charge >= 0.3 is 0 Å². The molecule has 0 unspecified atom stereocenters. The second-order valence-corrected chi connectivity index (χ2v) is 4.46. The molecule has 3 heteroatoms. The van der Waals surface area contributed by atoms with Gasteiger partial charge in [-0.15, -0.1) is 0 Å². The molecule has 0 N–H and O–H groups in total. The van der Waals surface area contributed by atoms with Crippen LogP contribution >= 0.6 is 31.9 Å². The van der Waals surface area contributed by atoms with E-state index in [2.05, 4.69) is 31.9 Å². The molecule has 0 saturated heterocycles. The molecule has 0 aliphatic rings. The molecule has 0 aliphatic carbocycles. The lowest BCUT2D eigenvalue weighted by Gasteiger charge is -2.01. The molecule has 0 aliphatic heterocycles. The predicted octanol–water partition coefficient (Wildman–Crippen LogP) is 3.26. The second kappa shape index (κ2) is 4.91. The van der Waals surface area contributed by atoms with Crippen LogP contribution in [0.5, 0.6) is 0 Å². The second-order valence-electron chi connectivity index (χ2n) is 2.99. The molecule has 0 aromatic heterocycles. The number of rotatable bonds is 3. The molecule has 1 aromatic carbocycles. The van der Waals surface area contributed by atoms with Gasteiger partial charge in [-0.1, -0.05) is 37.9 Å². The van der Waals surface area contributed by atoms with Crippen LogP contribution in [0.2, 0.25) is 0 Å². The maximum Gasteiger partial charge on any atom is 0.147 e. The molecule has 0 atom stereocenters. The zero-order valence-electron chi connectivity index (χ0n) is 7.31. The van der Waals surface area contributed by atoms with Crippen molar-refractivity contribution < 1.29 is 4.79 Å². The van der Waals surface area contributed by atoms with Crippen molar-refractivity contribution >= 4 is 37.6 Å². The molecule has 0 spiro atoms. The lowest BCUT2D eigenvalue weighted by Crippen LogP contribution is -2.03. The Morgan fingerprint density at radius 2 is 2.08 bits per heavy atom. The van der Waals surface area contributed by atoms with E-state index in [0.29, 0.717) is 11.8 Å². The van der Waals surface area contributed by atoms with Crippen LogP contribution in [0.4, 0.5) is 0 Å². The minimum atomic E-state index is 0.206. The number of halogens is 2. The van der Waals surface area contributed by atoms with E-state index in [0.717, 1.165) is 10.0 Å². The van der Waals surface area contributed by atoms with Gasteiger partial charge in [0.2, 0.25) is 0 Å². The quantitative estimate of drug-likeness (QED) is 0.783. The largest absolute Gasteiger partial charge is 0.298 e. The summed E-state index contributed by atoms with van der Waals surface area (Å²) < 4.78 is 1.03. The van der Waals surface area contributed by atoms with Gasteiger partial charge in [-0.2, -0.15) is 0 Å². The average molecular weight is 306 g/mol. The van der Waals surface area contributed by atoms with Crippen molar-refractivity contribution in [2.75, 3.05) is 5.33 Å². The minimum Gasteiger partial charge on any atom is -0.298 e. The summed E-state index contributed by atoms with van der Waals surface area (Å²) in [7, 11) is 0. The Labute approximate surface area is 94.8 Å². The molecular formula is C10H10Br2O. The van der Waals surface area contributed by atoms with E-state index in [-0.39, 0.29) is 5.78 Å². The fourth-order valence-corrected chi connectivity index (χ4v) is 2.04. The first-order valence-corrected chi connectivity index (χ1v) is 5.87. The Kier molecular flexibility index (Phi) is 4.13. The lowest BCUT2D eigenvalue weighted by molar-refractivity contribution is -0.115. The third-order valence-electron chi connectivity index (χ3n) is 1.65. The third-order valence-corrected chi connectivity index (χ3v) is 2.74. The molecule has 0 heterocycles. The summed E-state index contributed by atoms with van der Waals surface area (Å²) in [5, 5.41) is 0.429. The number of hydrogen-bond acceptors (Lipinski definition) is 1. The van der Waals surface area contributed by atoms with Crippen LogP contribution in [0.1, 0.15) is 11.1 Å². The third kappa shape index (κ3) is 3.61. The highest BCUT2D eigenvalue weighted by atomic mass is 79.9. The van der Waals surface area contributed by atoms with Gasteiger partial charge in [-0.3, -0.25) is 4.79 Å². The number of Topliss-reactive ketones (excluding diaryl/α,β-unsaturated/α-hetero) is 1. The van der Waals surface area contributed by atoms with Crippen molar-refractivity contribution in [3.05, 3.63) is 33.8 Å². The van der Waals surface area contributed by atoms with Gasteiger partial charge in [-0.05, 0) is 30.2 Å². The van der Waals surface area contributed by atoms with Crippen molar-refractivity contribution in [3.8, 4) is 0 Å². The standard InChI is InChI=1S/C10H10Br2O/c1-7-2-8(4-9(12)3-7)5-10(13)6-11/h2-4H,5-6H2,1H3. The molecule has 13 heavy (non-hydrogen) atoms. The van der Waals surface area contributed by atoms with Crippen molar-refractivity contribution in [1.29, 1.82) is 0 Å². The van der Waals surface area contributed by atoms with Gasteiger partial charge < -0.3 is 0 Å². The SMILES string of the molecule is Cc1cc(Br)cc(CC(=O)CBr)c1. The topological polar surface area (TPSA) is 17.1 Å². The van der Waals surface area contributed by atoms with Crippen LogP contribution < -0.4 is 0 Å². The van der Waals surface area contributed by atoms with Crippen molar-refractivity contribution in [2.45, 2.75) is 13.3 Å². The van der Waals surface area contributed by atoms with Crippen LogP contribution in [-0.2, 0) is 11.2 Å². The summed E-state index contributed by atoms with van der Waals surface area (Å²) in [5.41, 5.74) is 2.24. The van der Waals surface area contributed by atoms with Crippen molar-refractivity contribution in [1.82, 2.24) is 0 Å². The molecule has 1 nitrogen and oxygen atoms in total. The van der Waals surface area contributed by atoms with E-state index >= 15 is 0 Å². The first-order chi connectivity index (χ1) is 6.11. The number of alkyl halides is 1. The summed E-state index contributed by atoms with van der Waals surface area (Å²) >= 11 is 6.55. The summed E-state index contributed by atoms with van der Waals surface area (Å²) in [6.45, 7) is 2.02. The van der Waals surface area contributed by atoms with Gasteiger partial charge in [-0.25, -0.2) is 0 Å². The maximum absolute atomic E-state index is 11.1. The molecule has 70 valence electrons. The van der Waals surface area contributed by atoms with Gasteiger partial charge in [0.1, 0.15) is 5.78 Å². The van der Waals surface area contributed by atoms with Gasteiger partial charge in [0, 0.05) is 10.9 Å². The van der Waals surface area contributed by atoms with Gasteiger partial charge in [0.05, 0.1) is 5.33 Å². The van der Waals surface area contributed by atoms with E-state index in [1.807, 2.05) is 25.1 Å². The first kappa shape index (κ1) is 10.9. The summed E-state index contributed by atoms with van der Waals surface area (Å²) in [6.07, 6.45) is 0.505. The minimum absolute atomic E-state index is 0.206. The number of carbonyl (C=O) groups excluding carboxylic acids is 1. The molecule has 0 bridgehead atoms. The zero-order valence-corrected chi connectivity index (χ0v) is 10.5. The Hall–Kier alpha value is -0.150. The number of hydrogen-bond donors (Lipinski definition) is 0. The molecule has 1 aromatic rings. The monoisotopic (exact) mass is 304 g/mol. The number of benzene rings is 1. The highest BCUT2D eigenvalue weighted by Gasteiger charge is 2.02. The molecule has 0 saturated carbocycles. The Morgan fingerprint density at radius 1 is 1.38 bits per heavy atom. The molecule has 0 radical (unpaired) electrons. The van der Waals surface area contributed by atoms with Gasteiger partial charge in [0.15, 0.2) is 0 Å². The summed E-state index contributed by atoms with van der Waals surface area (Å²) in [6, 6.07) is 6.04. The number of aryl methyl sites for hydroxylation is 1. The van der Waals surface area contributed by atoms with Crippen LogP contribution in [-0.4, -0.2) is 11.1 Å². The smallest absolute Gasteiger partial charge is 0.147 e. The molecular weight excluding hydrogens is 296 g/mol. The van der Waals surface area contributed by atoms with E-state index in [1.54, 1.807) is 0 Å². The van der Waals surface area contributed by atoms with Crippen LogP contribution in [0.3, 0.4) is 0 Å².